The second kappa shape index (κ2) is 8.17. The molecule has 6 heteroatoms. The van der Waals surface area contributed by atoms with Gasteiger partial charge < -0.3 is 9.63 Å². The summed E-state index contributed by atoms with van der Waals surface area (Å²) in [6.07, 6.45) is 0.0363. The van der Waals surface area contributed by atoms with Crippen LogP contribution < -0.4 is 0 Å². The van der Waals surface area contributed by atoms with E-state index in [0.29, 0.717) is 36.3 Å². The minimum atomic E-state index is -0.692. The molecule has 0 aliphatic heterocycles. The third kappa shape index (κ3) is 5.41. The Hall–Kier alpha value is -1.79. The highest BCUT2D eigenvalue weighted by Gasteiger charge is 2.18. The molecular weight excluding hydrogens is 297 g/mol. The average Bonchev–Trinajstić information content (AvgIpc) is 2.94. The van der Waals surface area contributed by atoms with Crippen LogP contribution in [0, 0.1) is 11.7 Å². The van der Waals surface area contributed by atoms with Gasteiger partial charge in [-0.1, -0.05) is 38.1 Å². The molecule has 0 saturated carbocycles. The van der Waals surface area contributed by atoms with Crippen LogP contribution in [0.2, 0.25) is 0 Å². The first kappa shape index (κ1) is 17.6. The maximum Gasteiger partial charge on any atom is 0.240 e. The van der Waals surface area contributed by atoms with Gasteiger partial charge in [0, 0.05) is 19.5 Å². The molecule has 0 fully saturated rings. The Labute approximate surface area is 136 Å². The van der Waals surface area contributed by atoms with Gasteiger partial charge in [-0.3, -0.25) is 4.90 Å². The van der Waals surface area contributed by atoms with Crippen LogP contribution in [0.4, 0.5) is 4.39 Å². The predicted molar refractivity (Wildman–Crippen MR) is 85.2 cm³/mol. The van der Waals surface area contributed by atoms with Gasteiger partial charge in [0.25, 0.3) is 0 Å². The molecule has 0 aliphatic rings. The molecule has 1 unspecified atom stereocenters. The summed E-state index contributed by atoms with van der Waals surface area (Å²) >= 11 is 0. The number of aryl methyl sites for hydroxylation is 1. The zero-order valence-corrected chi connectivity index (χ0v) is 13.9. The zero-order chi connectivity index (χ0) is 16.8. The highest BCUT2D eigenvalue weighted by molar-refractivity contribution is 5.18. The van der Waals surface area contributed by atoms with E-state index < -0.39 is 6.10 Å². The summed E-state index contributed by atoms with van der Waals surface area (Å²) in [5.74, 6) is 1.36. The van der Waals surface area contributed by atoms with E-state index in [4.69, 9.17) is 4.52 Å². The first-order chi connectivity index (χ1) is 11.0. The molecule has 1 aromatic heterocycles. The Bertz CT molecular complexity index is 598. The highest BCUT2D eigenvalue weighted by atomic mass is 19.1. The summed E-state index contributed by atoms with van der Waals surface area (Å²) in [4.78, 5) is 6.39. The molecule has 0 aliphatic carbocycles. The molecule has 1 atom stereocenters. The second-order valence-electron chi connectivity index (χ2n) is 6.11. The van der Waals surface area contributed by atoms with E-state index in [9.17, 15) is 9.50 Å². The van der Waals surface area contributed by atoms with Gasteiger partial charge in [0.2, 0.25) is 5.89 Å². The van der Waals surface area contributed by atoms with Gasteiger partial charge in [0.1, 0.15) is 5.82 Å². The first-order valence-electron chi connectivity index (χ1n) is 7.95. The first-order valence-corrected chi connectivity index (χ1v) is 7.95. The average molecular weight is 321 g/mol. The van der Waals surface area contributed by atoms with Crippen molar-refractivity contribution in [3.05, 3.63) is 47.4 Å². The van der Waals surface area contributed by atoms with Crippen LogP contribution in [0.25, 0.3) is 0 Å². The number of aliphatic hydroxyl groups excluding tert-OH is 1. The maximum atomic E-state index is 13.0. The fraction of sp³-hybridized carbons (Fsp3) is 0.529. The predicted octanol–water partition coefficient (Wildman–Crippen LogP) is 2.96. The number of hydrogen-bond acceptors (Lipinski definition) is 5. The van der Waals surface area contributed by atoms with E-state index in [1.54, 1.807) is 12.1 Å². The van der Waals surface area contributed by atoms with Crippen LogP contribution in [-0.2, 0) is 13.0 Å². The van der Waals surface area contributed by atoms with Crippen molar-refractivity contribution in [3.8, 4) is 0 Å². The third-order valence-electron chi connectivity index (χ3n) is 3.49. The molecule has 1 N–H and O–H groups in total. The van der Waals surface area contributed by atoms with Crippen LogP contribution >= 0.6 is 0 Å². The lowest BCUT2D eigenvalue weighted by molar-refractivity contribution is 0.0946. The summed E-state index contributed by atoms with van der Waals surface area (Å²) in [5.41, 5.74) is 0.694. The molecule has 0 bridgehead atoms. The van der Waals surface area contributed by atoms with E-state index in [0.717, 1.165) is 13.0 Å². The molecule has 0 radical (unpaired) electrons. The molecule has 2 rings (SSSR count). The SMILES string of the molecule is CCc1noc(CN(CC(C)C)CC(O)c2ccc(F)cc2)n1. The lowest BCUT2D eigenvalue weighted by atomic mass is 10.1. The van der Waals surface area contributed by atoms with Gasteiger partial charge in [-0.05, 0) is 23.6 Å². The number of rotatable bonds is 8. The van der Waals surface area contributed by atoms with Gasteiger partial charge in [0.15, 0.2) is 5.82 Å². The number of benzene rings is 1. The van der Waals surface area contributed by atoms with E-state index in [1.807, 2.05) is 6.92 Å². The van der Waals surface area contributed by atoms with E-state index in [2.05, 4.69) is 28.9 Å². The van der Waals surface area contributed by atoms with Crippen molar-refractivity contribution in [1.29, 1.82) is 0 Å². The molecule has 2 aromatic rings. The van der Waals surface area contributed by atoms with Crippen molar-refractivity contribution in [2.75, 3.05) is 13.1 Å². The van der Waals surface area contributed by atoms with Gasteiger partial charge in [0.05, 0.1) is 12.6 Å². The van der Waals surface area contributed by atoms with Gasteiger partial charge in [-0.15, -0.1) is 0 Å². The second-order valence-corrected chi connectivity index (χ2v) is 6.11. The fourth-order valence-corrected chi connectivity index (χ4v) is 2.44. The number of hydrogen-bond donors (Lipinski definition) is 1. The summed E-state index contributed by atoms with van der Waals surface area (Å²) in [7, 11) is 0. The monoisotopic (exact) mass is 321 g/mol. The molecule has 1 aromatic carbocycles. The molecule has 23 heavy (non-hydrogen) atoms. The van der Waals surface area contributed by atoms with Crippen molar-refractivity contribution in [2.45, 2.75) is 39.8 Å². The Morgan fingerprint density at radius 1 is 1.22 bits per heavy atom. The lowest BCUT2D eigenvalue weighted by Gasteiger charge is -2.25. The molecule has 1 heterocycles. The molecular formula is C17H24FN3O2. The minimum absolute atomic E-state index is 0.307. The van der Waals surface area contributed by atoms with E-state index >= 15 is 0 Å². The largest absolute Gasteiger partial charge is 0.387 e. The number of halogens is 1. The number of aromatic nitrogens is 2. The topological polar surface area (TPSA) is 62.4 Å². The van der Waals surface area contributed by atoms with Crippen molar-refractivity contribution >= 4 is 0 Å². The summed E-state index contributed by atoms with van der Waals surface area (Å²) in [6, 6.07) is 5.93. The van der Waals surface area contributed by atoms with Gasteiger partial charge in [-0.25, -0.2) is 4.39 Å². The minimum Gasteiger partial charge on any atom is -0.387 e. The van der Waals surface area contributed by atoms with Gasteiger partial charge >= 0.3 is 0 Å². The van der Waals surface area contributed by atoms with Crippen LogP contribution in [-0.4, -0.2) is 33.2 Å². The van der Waals surface area contributed by atoms with Crippen LogP contribution in [0.1, 0.15) is 44.2 Å². The van der Waals surface area contributed by atoms with E-state index in [-0.39, 0.29) is 5.82 Å². The van der Waals surface area contributed by atoms with Crippen molar-refractivity contribution in [1.82, 2.24) is 15.0 Å². The Kier molecular flexibility index (Phi) is 6.24. The van der Waals surface area contributed by atoms with Crippen LogP contribution in [0.5, 0.6) is 0 Å². The van der Waals surface area contributed by atoms with Crippen molar-refractivity contribution < 1.29 is 14.0 Å². The third-order valence-corrected chi connectivity index (χ3v) is 3.49. The summed E-state index contributed by atoms with van der Waals surface area (Å²) in [6.45, 7) is 7.91. The van der Waals surface area contributed by atoms with E-state index in [1.165, 1.54) is 12.1 Å². The van der Waals surface area contributed by atoms with Crippen LogP contribution in [0.3, 0.4) is 0 Å². The maximum absolute atomic E-state index is 13.0. The quantitative estimate of drug-likeness (QED) is 0.810. The Morgan fingerprint density at radius 2 is 1.91 bits per heavy atom. The molecule has 0 spiro atoms. The van der Waals surface area contributed by atoms with Crippen molar-refractivity contribution in [3.63, 3.8) is 0 Å². The Balaban J connectivity index is 2.03. The molecule has 0 saturated heterocycles. The van der Waals surface area contributed by atoms with Crippen LogP contribution in [0.15, 0.2) is 28.8 Å². The smallest absolute Gasteiger partial charge is 0.240 e. The van der Waals surface area contributed by atoms with Crippen molar-refractivity contribution in [2.24, 2.45) is 5.92 Å². The molecule has 0 amide bonds. The normalized spacial score (nSPS) is 13.0. The number of nitrogens with zero attached hydrogens (tertiary/aromatic N) is 3. The summed E-state index contributed by atoms with van der Waals surface area (Å²) in [5, 5.41) is 14.3. The number of aliphatic hydroxyl groups is 1. The lowest BCUT2D eigenvalue weighted by Crippen LogP contribution is -2.31. The highest BCUT2D eigenvalue weighted by Crippen LogP contribution is 2.17. The summed E-state index contributed by atoms with van der Waals surface area (Å²) < 4.78 is 18.2. The molecule has 5 nitrogen and oxygen atoms in total. The standard InChI is InChI=1S/C17H24FN3O2/c1-4-16-19-17(23-20-16)11-21(9-12(2)3)10-15(22)13-5-7-14(18)8-6-13/h5-8,12,15,22H,4,9-11H2,1-3H3. The Morgan fingerprint density at radius 3 is 2.48 bits per heavy atom. The molecule has 126 valence electrons. The van der Waals surface area contributed by atoms with Gasteiger partial charge in [-0.2, -0.15) is 4.98 Å². The fourth-order valence-electron chi connectivity index (χ4n) is 2.44. The zero-order valence-electron chi connectivity index (χ0n) is 13.9.